The molecule has 1 aromatic heterocycles. The van der Waals surface area contributed by atoms with Crippen LogP contribution in [-0.2, 0) is 29.7 Å². The third-order valence-electron chi connectivity index (χ3n) is 4.95. The zero-order chi connectivity index (χ0) is 20.9. The fourth-order valence-corrected chi connectivity index (χ4v) is 3.15. The van der Waals surface area contributed by atoms with Crippen molar-refractivity contribution < 1.29 is 4.79 Å². The third-order valence-corrected chi connectivity index (χ3v) is 4.95. The van der Waals surface area contributed by atoms with E-state index in [1.165, 1.54) is 11.1 Å². The number of halogens is 2. The summed E-state index contributed by atoms with van der Waals surface area (Å²) in [6.45, 7) is 7.77. The minimum atomic E-state index is -0.621. The van der Waals surface area contributed by atoms with Crippen LogP contribution in [0.4, 0.5) is 0 Å². The van der Waals surface area contributed by atoms with Crippen LogP contribution in [0.2, 0.25) is 0 Å². The lowest BCUT2D eigenvalue weighted by Gasteiger charge is -2.19. The Kier molecular flexibility index (Phi) is 10.2. The lowest BCUT2D eigenvalue weighted by molar-refractivity contribution is -0.122. The van der Waals surface area contributed by atoms with Crippen LogP contribution in [0.25, 0.3) is 0 Å². The molecule has 0 radical (unpaired) electrons. The zero-order valence-corrected chi connectivity index (χ0v) is 19.9. The minimum Gasteiger partial charge on any atom is -0.351 e. The highest BCUT2D eigenvalue weighted by Gasteiger charge is 2.16. The van der Waals surface area contributed by atoms with Crippen LogP contribution in [0.15, 0.2) is 67.1 Å². The van der Waals surface area contributed by atoms with Crippen molar-refractivity contribution in [1.82, 2.24) is 14.9 Å². The van der Waals surface area contributed by atoms with Gasteiger partial charge >= 0.3 is 0 Å². The molecule has 3 rings (SSSR count). The molecule has 0 fully saturated rings. The molecule has 168 valence electrons. The highest BCUT2D eigenvalue weighted by Crippen LogP contribution is 2.22. The van der Waals surface area contributed by atoms with E-state index in [-0.39, 0.29) is 36.1 Å². The summed E-state index contributed by atoms with van der Waals surface area (Å²) in [5, 5.41) is 2.93. The molecule has 0 saturated carbocycles. The third kappa shape index (κ3) is 8.02. The molecule has 2 aromatic carbocycles. The number of hydrogen-bond donors (Lipinski definition) is 2. The second kappa shape index (κ2) is 11.9. The smallest absolute Gasteiger partial charge is 0.237 e. The van der Waals surface area contributed by atoms with Gasteiger partial charge in [-0.1, -0.05) is 75.4 Å². The summed E-state index contributed by atoms with van der Waals surface area (Å²) in [6, 6.07) is 17.9. The quantitative estimate of drug-likeness (QED) is 0.550. The monoisotopic (exact) mass is 462 g/mol. The number of amides is 1. The van der Waals surface area contributed by atoms with E-state index in [4.69, 9.17) is 5.73 Å². The maximum absolute atomic E-state index is 12.4. The molecule has 31 heavy (non-hydrogen) atoms. The van der Waals surface area contributed by atoms with E-state index in [9.17, 15) is 4.79 Å². The van der Waals surface area contributed by atoms with Gasteiger partial charge in [-0.3, -0.25) is 4.79 Å². The highest BCUT2D eigenvalue weighted by molar-refractivity contribution is 5.85. The second-order valence-corrected chi connectivity index (χ2v) is 8.50. The molecular weight excluding hydrogens is 431 g/mol. The van der Waals surface area contributed by atoms with Crippen LogP contribution in [-0.4, -0.2) is 21.5 Å². The van der Waals surface area contributed by atoms with E-state index in [0.29, 0.717) is 13.0 Å². The first-order valence-corrected chi connectivity index (χ1v) is 9.98. The normalized spacial score (nSPS) is 11.7. The number of carbonyl (C=O) groups is 1. The molecule has 0 spiro atoms. The van der Waals surface area contributed by atoms with Crippen molar-refractivity contribution in [3.63, 3.8) is 0 Å². The summed E-state index contributed by atoms with van der Waals surface area (Å²) < 4.78 is 2.01. The number of rotatable bonds is 7. The van der Waals surface area contributed by atoms with Gasteiger partial charge in [0.25, 0.3) is 0 Å². The maximum atomic E-state index is 12.4. The van der Waals surface area contributed by atoms with Gasteiger partial charge in [0.05, 0.1) is 18.1 Å². The first-order chi connectivity index (χ1) is 13.8. The number of imidazole rings is 1. The second-order valence-electron chi connectivity index (χ2n) is 8.50. The van der Waals surface area contributed by atoms with Crippen molar-refractivity contribution in [3.05, 3.63) is 89.5 Å². The van der Waals surface area contributed by atoms with E-state index in [1.54, 1.807) is 6.33 Å². The molecule has 0 aliphatic rings. The number of hydrogen-bond acceptors (Lipinski definition) is 3. The van der Waals surface area contributed by atoms with Crippen molar-refractivity contribution in [2.75, 3.05) is 0 Å². The van der Waals surface area contributed by atoms with E-state index in [2.05, 4.69) is 67.5 Å². The molecule has 0 saturated heterocycles. The van der Waals surface area contributed by atoms with Crippen molar-refractivity contribution >= 4 is 30.7 Å². The topological polar surface area (TPSA) is 72.9 Å². The SMILES string of the molecule is CC(C)(C)c1ccc(CNC(=O)[C@@H](N)Cc2cn(Cc3ccccc3)cn2)cc1.Cl.Cl. The Morgan fingerprint density at radius 2 is 1.68 bits per heavy atom. The lowest BCUT2D eigenvalue weighted by Crippen LogP contribution is -2.41. The van der Waals surface area contributed by atoms with Gasteiger partial charge < -0.3 is 15.6 Å². The average Bonchev–Trinajstić information content (AvgIpc) is 3.13. The highest BCUT2D eigenvalue weighted by atomic mass is 35.5. The van der Waals surface area contributed by atoms with E-state index >= 15 is 0 Å². The van der Waals surface area contributed by atoms with Crippen molar-refractivity contribution in [3.8, 4) is 0 Å². The average molecular weight is 463 g/mol. The van der Waals surface area contributed by atoms with Crippen LogP contribution in [0, 0.1) is 0 Å². The predicted molar refractivity (Wildman–Crippen MR) is 131 cm³/mol. The Morgan fingerprint density at radius 3 is 2.29 bits per heavy atom. The summed E-state index contributed by atoms with van der Waals surface area (Å²) in [4.78, 5) is 16.8. The molecule has 5 nitrogen and oxygen atoms in total. The number of aromatic nitrogens is 2. The summed E-state index contributed by atoms with van der Waals surface area (Å²) in [6.07, 6.45) is 4.14. The molecule has 1 atom stereocenters. The number of nitrogens with two attached hydrogens (primary N) is 1. The minimum absolute atomic E-state index is 0. The van der Waals surface area contributed by atoms with Gasteiger partial charge in [0.2, 0.25) is 5.91 Å². The fourth-order valence-electron chi connectivity index (χ4n) is 3.15. The Morgan fingerprint density at radius 1 is 1.03 bits per heavy atom. The number of carbonyl (C=O) groups excluding carboxylic acids is 1. The largest absolute Gasteiger partial charge is 0.351 e. The molecular formula is C24H32Cl2N4O. The summed E-state index contributed by atoms with van der Waals surface area (Å²) in [7, 11) is 0. The first-order valence-electron chi connectivity index (χ1n) is 9.98. The molecule has 0 bridgehead atoms. The Bertz CT molecular complexity index is 934. The summed E-state index contributed by atoms with van der Waals surface area (Å²) in [5.74, 6) is -0.164. The van der Waals surface area contributed by atoms with Crippen molar-refractivity contribution in [2.24, 2.45) is 5.73 Å². The molecule has 0 aliphatic carbocycles. The summed E-state index contributed by atoms with van der Waals surface area (Å²) >= 11 is 0. The lowest BCUT2D eigenvalue weighted by atomic mass is 9.87. The van der Waals surface area contributed by atoms with Crippen LogP contribution in [0.5, 0.6) is 0 Å². The molecule has 3 aromatic rings. The van der Waals surface area contributed by atoms with Crippen molar-refractivity contribution in [2.45, 2.75) is 51.7 Å². The summed E-state index contributed by atoms with van der Waals surface area (Å²) in [5.41, 5.74) is 10.6. The molecule has 3 N–H and O–H groups in total. The van der Waals surface area contributed by atoms with Gasteiger partial charge in [-0.05, 0) is 22.1 Å². The standard InChI is InChI=1S/C24H30N4O.2ClH/c1-24(2,3)20-11-9-18(10-12-20)14-26-23(29)22(25)13-21-16-28(17-27-21)15-19-7-5-4-6-8-19;;/h4-12,16-17,22H,13-15,25H2,1-3H3,(H,26,29);2*1H/t22-;;/m0../s1. The van der Waals surface area contributed by atoms with Gasteiger partial charge in [0.15, 0.2) is 0 Å². The van der Waals surface area contributed by atoms with Crippen LogP contribution < -0.4 is 11.1 Å². The molecule has 7 heteroatoms. The molecule has 1 amide bonds. The molecule has 1 heterocycles. The molecule has 0 aliphatic heterocycles. The van der Waals surface area contributed by atoms with Crippen LogP contribution in [0.1, 0.15) is 43.2 Å². The van der Waals surface area contributed by atoms with Gasteiger partial charge in [-0.15, -0.1) is 24.8 Å². The van der Waals surface area contributed by atoms with Gasteiger partial charge in [-0.25, -0.2) is 4.98 Å². The van der Waals surface area contributed by atoms with Gasteiger partial charge in [0.1, 0.15) is 0 Å². The van der Waals surface area contributed by atoms with Crippen molar-refractivity contribution in [1.29, 1.82) is 0 Å². The maximum Gasteiger partial charge on any atom is 0.237 e. The van der Waals surface area contributed by atoms with Crippen LogP contribution >= 0.6 is 24.8 Å². The Balaban J connectivity index is 0.00000240. The predicted octanol–water partition coefficient (Wildman–Crippen LogP) is 4.26. The van der Waals surface area contributed by atoms with E-state index in [0.717, 1.165) is 17.8 Å². The van der Waals surface area contributed by atoms with Crippen LogP contribution in [0.3, 0.4) is 0 Å². The number of nitrogens with zero attached hydrogens (tertiary/aromatic N) is 2. The number of nitrogens with one attached hydrogen (secondary N) is 1. The van der Waals surface area contributed by atoms with E-state index < -0.39 is 6.04 Å². The fraction of sp³-hybridized carbons (Fsp3) is 0.333. The molecule has 0 unspecified atom stereocenters. The number of benzene rings is 2. The van der Waals surface area contributed by atoms with E-state index in [1.807, 2.05) is 29.0 Å². The Labute approximate surface area is 197 Å². The van der Waals surface area contributed by atoms with Gasteiger partial charge in [0, 0.05) is 25.7 Å². The Hall–Kier alpha value is -2.34. The zero-order valence-electron chi connectivity index (χ0n) is 18.2. The first kappa shape index (κ1) is 26.7. The van der Waals surface area contributed by atoms with Gasteiger partial charge in [-0.2, -0.15) is 0 Å².